The van der Waals surface area contributed by atoms with Gasteiger partial charge < -0.3 is 16.2 Å². The van der Waals surface area contributed by atoms with Gasteiger partial charge in [0.2, 0.25) is 5.91 Å². The molecule has 1 atom stereocenters. The van der Waals surface area contributed by atoms with Crippen molar-refractivity contribution >= 4 is 5.91 Å². The van der Waals surface area contributed by atoms with Crippen LogP contribution < -0.4 is 11.1 Å². The van der Waals surface area contributed by atoms with Crippen molar-refractivity contribution in [1.29, 1.82) is 0 Å². The number of rotatable bonds is 11. The van der Waals surface area contributed by atoms with Crippen LogP contribution in [0.3, 0.4) is 0 Å². The summed E-state index contributed by atoms with van der Waals surface area (Å²) in [5.74, 6) is 1.24. The van der Waals surface area contributed by atoms with Crippen molar-refractivity contribution < 1.29 is 9.90 Å². The van der Waals surface area contributed by atoms with Gasteiger partial charge >= 0.3 is 0 Å². The number of hydrogen-bond donors (Lipinski definition) is 3. The molecule has 1 unspecified atom stereocenters. The summed E-state index contributed by atoms with van der Waals surface area (Å²) < 4.78 is 0. The van der Waals surface area contributed by atoms with Gasteiger partial charge in [0, 0.05) is 19.6 Å². The number of aliphatic hydroxyl groups excluding tert-OH is 1. The maximum atomic E-state index is 11.9. The molecule has 4 nitrogen and oxygen atoms in total. The van der Waals surface area contributed by atoms with E-state index in [1.54, 1.807) is 0 Å². The number of carbonyl (C=O) groups excluding carboxylic acids is 1. The number of nitrogens with one attached hydrogen (secondary N) is 1. The first-order valence-corrected chi connectivity index (χ1v) is 7.90. The zero-order valence-corrected chi connectivity index (χ0v) is 13.7. The lowest BCUT2D eigenvalue weighted by molar-refractivity contribution is -0.121. The van der Waals surface area contributed by atoms with Crippen molar-refractivity contribution in [2.45, 2.75) is 59.8 Å². The van der Waals surface area contributed by atoms with Gasteiger partial charge in [0.1, 0.15) is 0 Å². The lowest BCUT2D eigenvalue weighted by atomic mass is 9.87. The third kappa shape index (κ3) is 9.32. The Morgan fingerprint density at radius 1 is 1.30 bits per heavy atom. The van der Waals surface area contributed by atoms with E-state index in [1.165, 1.54) is 0 Å². The fourth-order valence-electron chi connectivity index (χ4n) is 2.41. The molecule has 0 heterocycles. The van der Waals surface area contributed by atoms with Gasteiger partial charge in [-0.1, -0.05) is 27.7 Å². The minimum absolute atomic E-state index is 0.0487. The molecular formula is C16H34N2O2. The Balaban J connectivity index is 3.98. The van der Waals surface area contributed by atoms with Crippen LogP contribution in [-0.2, 0) is 4.79 Å². The molecule has 20 heavy (non-hydrogen) atoms. The van der Waals surface area contributed by atoms with Crippen molar-refractivity contribution in [3.05, 3.63) is 0 Å². The van der Waals surface area contributed by atoms with Gasteiger partial charge in [0.15, 0.2) is 0 Å². The van der Waals surface area contributed by atoms with E-state index in [2.05, 4.69) is 33.0 Å². The molecule has 0 aromatic rings. The molecular weight excluding hydrogens is 252 g/mol. The Morgan fingerprint density at radius 2 is 1.95 bits per heavy atom. The highest BCUT2D eigenvalue weighted by molar-refractivity contribution is 5.75. The van der Waals surface area contributed by atoms with Crippen molar-refractivity contribution in [1.82, 2.24) is 5.32 Å². The molecule has 0 aromatic heterocycles. The van der Waals surface area contributed by atoms with Crippen LogP contribution >= 0.6 is 0 Å². The number of nitrogens with two attached hydrogens (primary N) is 1. The SMILES string of the molecule is CC(C)C(CCN)CCC(=O)NCC(C)(C)CCCO. The largest absolute Gasteiger partial charge is 0.396 e. The second-order valence-electron chi connectivity index (χ2n) is 6.89. The predicted molar refractivity (Wildman–Crippen MR) is 84.3 cm³/mol. The van der Waals surface area contributed by atoms with Gasteiger partial charge in [-0.25, -0.2) is 0 Å². The smallest absolute Gasteiger partial charge is 0.220 e. The molecule has 0 rings (SSSR count). The van der Waals surface area contributed by atoms with Crippen LogP contribution in [0.1, 0.15) is 59.8 Å². The fraction of sp³-hybridized carbons (Fsp3) is 0.938. The maximum Gasteiger partial charge on any atom is 0.220 e. The number of amides is 1. The van der Waals surface area contributed by atoms with Crippen molar-refractivity contribution in [3.63, 3.8) is 0 Å². The van der Waals surface area contributed by atoms with Crippen LogP contribution in [0.5, 0.6) is 0 Å². The summed E-state index contributed by atoms with van der Waals surface area (Å²) in [6, 6.07) is 0. The molecule has 0 aliphatic rings. The van der Waals surface area contributed by atoms with E-state index in [-0.39, 0.29) is 17.9 Å². The van der Waals surface area contributed by atoms with Crippen LogP contribution in [0.4, 0.5) is 0 Å². The van der Waals surface area contributed by atoms with E-state index >= 15 is 0 Å². The summed E-state index contributed by atoms with van der Waals surface area (Å²) in [5, 5.41) is 11.9. The number of hydrogen-bond acceptors (Lipinski definition) is 3. The third-order valence-electron chi connectivity index (χ3n) is 4.00. The topological polar surface area (TPSA) is 75.4 Å². The molecule has 0 radical (unpaired) electrons. The van der Waals surface area contributed by atoms with Crippen LogP contribution in [-0.4, -0.2) is 30.7 Å². The zero-order chi connectivity index (χ0) is 15.6. The first kappa shape index (κ1) is 19.4. The average molecular weight is 286 g/mol. The maximum absolute atomic E-state index is 11.9. The summed E-state index contributed by atoms with van der Waals surface area (Å²) in [5.41, 5.74) is 5.66. The molecule has 0 aliphatic heterocycles. The molecule has 0 saturated heterocycles. The molecule has 120 valence electrons. The van der Waals surface area contributed by atoms with Crippen molar-refractivity contribution in [3.8, 4) is 0 Å². The van der Waals surface area contributed by atoms with Gasteiger partial charge in [-0.15, -0.1) is 0 Å². The summed E-state index contributed by atoms with van der Waals surface area (Å²) in [7, 11) is 0. The van der Waals surface area contributed by atoms with E-state index in [1.807, 2.05) is 0 Å². The molecule has 0 saturated carbocycles. The van der Waals surface area contributed by atoms with Gasteiger partial charge in [0.25, 0.3) is 0 Å². The molecule has 0 fully saturated rings. The molecule has 4 heteroatoms. The molecule has 1 amide bonds. The predicted octanol–water partition coefficient (Wildman–Crippen LogP) is 2.30. The van der Waals surface area contributed by atoms with E-state index in [0.29, 0.717) is 31.3 Å². The standard InChI is InChI=1S/C16H34N2O2/c1-13(2)14(8-10-17)6-7-15(20)18-12-16(3,4)9-5-11-19/h13-14,19H,5-12,17H2,1-4H3,(H,18,20). The van der Waals surface area contributed by atoms with Crippen LogP contribution in [0.2, 0.25) is 0 Å². The fourth-order valence-corrected chi connectivity index (χ4v) is 2.41. The minimum Gasteiger partial charge on any atom is -0.396 e. The molecule has 4 N–H and O–H groups in total. The lowest BCUT2D eigenvalue weighted by Gasteiger charge is -2.25. The van der Waals surface area contributed by atoms with Crippen LogP contribution in [0, 0.1) is 17.3 Å². The second-order valence-corrected chi connectivity index (χ2v) is 6.89. The molecule has 0 aliphatic carbocycles. The zero-order valence-electron chi connectivity index (χ0n) is 13.7. The Bertz CT molecular complexity index is 265. The van der Waals surface area contributed by atoms with Crippen molar-refractivity contribution in [2.75, 3.05) is 19.7 Å². The lowest BCUT2D eigenvalue weighted by Crippen LogP contribution is -2.34. The molecule has 0 aromatic carbocycles. The highest BCUT2D eigenvalue weighted by Crippen LogP contribution is 2.22. The van der Waals surface area contributed by atoms with Gasteiger partial charge in [-0.2, -0.15) is 0 Å². The van der Waals surface area contributed by atoms with E-state index in [4.69, 9.17) is 10.8 Å². The monoisotopic (exact) mass is 286 g/mol. The summed E-state index contributed by atoms with van der Waals surface area (Å²) >= 11 is 0. The Morgan fingerprint density at radius 3 is 2.45 bits per heavy atom. The third-order valence-corrected chi connectivity index (χ3v) is 4.00. The minimum atomic E-state index is 0.0487. The van der Waals surface area contributed by atoms with E-state index in [9.17, 15) is 4.79 Å². The van der Waals surface area contributed by atoms with Gasteiger partial charge in [-0.05, 0) is 49.5 Å². The Hall–Kier alpha value is -0.610. The first-order valence-electron chi connectivity index (χ1n) is 7.90. The second kappa shape index (κ2) is 10.2. The Labute approximate surface area is 124 Å². The van der Waals surface area contributed by atoms with Gasteiger partial charge in [-0.3, -0.25) is 4.79 Å². The quantitative estimate of drug-likeness (QED) is 0.545. The summed E-state index contributed by atoms with van der Waals surface area (Å²) in [6.07, 6.45) is 4.20. The normalized spacial score (nSPS) is 13.6. The highest BCUT2D eigenvalue weighted by Gasteiger charge is 2.19. The van der Waals surface area contributed by atoms with E-state index in [0.717, 1.165) is 25.7 Å². The van der Waals surface area contributed by atoms with E-state index < -0.39 is 0 Å². The molecule has 0 spiro atoms. The highest BCUT2D eigenvalue weighted by atomic mass is 16.2. The molecule has 0 bridgehead atoms. The number of carbonyl (C=O) groups is 1. The van der Waals surface area contributed by atoms with Crippen LogP contribution in [0.25, 0.3) is 0 Å². The first-order chi connectivity index (χ1) is 9.32. The number of aliphatic hydroxyl groups is 1. The average Bonchev–Trinajstić information content (AvgIpc) is 2.38. The summed E-state index contributed by atoms with van der Waals surface area (Å²) in [6.45, 7) is 10.2. The van der Waals surface area contributed by atoms with Crippen molar-refractivity contribution in [2.24, 2.45) is 23.0 Å². The van der Waals surface area contributed by atoms with Gasteiger partial charge in [0.05, 0.1) is 0 Å². The van der Waals surface area contributed by atoms with Crippen LogP contribution in [0.15, 0.2) is 0 Å². The Kier molecular flexibility index (Phi) is 9.86. The summed E-state index contributed by atoms with van der Waals surface area (Å²) in [4.78, 5) is 11.9.